The summed E-state index contributed by atoms with van der Waals surface area (Å²) in [6, 6.07) is 16.2. The summed E-state index contributed by atoms with van der Waals surface area (Å²) >= 11 is 0. The first-order valence-corrected chi connectivity index (χ1v) is 10.6. The van der Waals surface area contributed by atoms with Crippen molar-refractivity contribution >= 4 is 18.0 Å². The number of rotatable bonds is 8. The van der Waals surface area contributed by atoms with Gasteiger partial charge in [0.05, 0.1) is 5.92 Å². The highest BCUT2D eigenvalue weighted by molar-refractivity contribution is 5.84. The fraction of sp³-hybridized carbons (Fsp3) is 0.375. The number of alkyl carbamates (subject to hydrolysis) is 1. The Morgan fingerprint density at radius 2 is 1.58 bits per heavy atom. The molecule has 7 heteroatoms. The maximum atomic E-state index is 12.4. The molecule has 4 rings (SSSR count). The Morgan fingerprint density at radius 1 is 0.968 bits per heavy atom. The summed E-state index contributed by atoms with van der Waals surface area (Å²) in [5.41, 5.74) is 4.59. The van der Waals surface area contributed by atoms with Crippen LogP contribution in [0.4, 0.5) is 4.79 Å². The van der Waals surface area contributed by atoms with E-state index in [9.17, 15) is 14.4 Å². The first kappa shape index (κ1) is 20.9. The number of ether oxygens (including phenoxy) is 1. The van der Waals surface area contributed by atoms with Crippen LogP contribution in [0.3, 0.4) is 0 Å². The summed E-state index contributed by atoms with van der Waals surface area (Å²) in [6.07, 6.45) is 2.27. The van der Waals surface area contributed by atoms with E-state index in [1.165, 1.54) is 0 Å². The summed E-state index contributed by atoms with van der Waals surface area (Å²) in [6.45, 7) is -0.0844. The Hall–Kier alpha value is -3.35. The molecule has 2 aliphatic carbocycles. The standard InChI is InChI=1S/C24H26N2O5/c27-22(28)13-25-23(29)20(15-6-5-7-15)12-26-24(30)31-14-21-18-10-3-1-8-16(18)17-9-2-4-11-19(17)21/h1-4,8-11,15,20-21H,5-7,12-14H2,(H,25,29)(H,26,30)(H,27,28). The largest absolute Gasteiger partial charge is 0.480 e. The minimum atomic E-state index is -1.09. The Kier molecular flexibility index (Phi) is 6.21. The van der Waals surface area contributed by atoms with E-state index in [1.807, 2.05) is 24.3 Å². The number of nitrogens with one attached hydrogen (secondary N) is 2. The zero-order valence-corrected chi connectivity index (χ0v) is 17.2. The van der Waals surface area contributed by atoms with Crippen molar-refractivity contribution in [2.75, 3.05) is 19.7 Å². The second-order valence-electron chi connectivity index (χ2n) is 8.12. The number of fused-ring (bicyclic) bond motifs is 3. The minimum absolute atomic E-state index is 0.0283. The molecule has 2 aromatic carbocycles. The van der Waals surface area contributed by atoms with E-state index in [0.29, 0.717) is 0 Å². The normalized spacial score (nSPS) is 15.9. The van der Waals surface area contributed by atoms with Crippen LogP contribution in [-0.4, -0.2) is 42.8 Å². The first-order chi connectivity index (χ1) is 15.0. The maximum absolute atomic E-state index is 12.4. The predicted molar refractivity (Wildman–Crippen MR) is 115 cm³/mol. The van der Waals surface area contributed by atoms with Crippen molar-refractivity contribution in [3.8, 4) is 11.1 Å². The van der Waals surface area contributed by atoms with Crippen LogP contribution in [-0.2, 0) is 14.3 Å². The first-order valence-electron chi connectivity index (χ1n) is 10.6. The second-order valence-corrected chi connectivity index (χ2v) is 8.12. The molecule has 1 atom stereocenters. The Morgan fingerprint density at radius 3 is 2.13 bits per heavy atom. The van der Waals surface area contributed by atoms with E-state index < -0.39 is 24.5 Å². The van der Waals surface area contributed by atoms with Crippen LogP contribution < -0.4 is 10.6 Å². The molecule has 162 valence electrons. The lowest BCUT2D eigenvalue weighted by atomic mass is 9.75. The number of aliphatic carboxylic acids is 1. The number of hydrogen-bond acceptors (Lipinski definition) is 4. The van der Waals surface area contributed by atoms with Crippen molar-refractivity contribution in [2.45, 2.75) is 25.2 Å². The van der Waals surface area contributed by atoms with E-state index in [0.717, 1.165) is 41.5 Å². The molecule has 2 aromatic rings. The van der Waals surface area contributed by atoms with Gasteiger partial charge >= 0.3 is 12.1 Å². The van der Waals surface area contributed by atoms with Crippen molar-refractivity contribution in [3.63, 3.8) is 0 Å². The third-order valence-corrected chi connectivity index (χ3v) is 6.28. The number of carbonyl (C=O) groups excluding carboxylic acids is 2. The van der Waals surface area contributed by atoms with E-state index in [-0.39, 0.29) is 30.9 Å². The van der Waals surface area contributed by atoms with Gasteiger partial charge in [-0.15, -0.1) is 0 Å². The number of amides is 2. The highest BCUT2D eigenvalue weighted by atomic mass is 16.5. The zero-order valence-electron chi connectivity index (χ0n) is 17.2. The molecule has 31 heavy (non-hydrogen) atoms. The number of benzene rings is 2. The van der Waals surface area contributed by atoms with Crippen LogP contribution in [0.25, 0.3) is 11.1 Å². The summed E-state index contributed by atoms with van der Waals surface area (Å²) < 4.78 is 5.52. The number of carboxylic acid groups (broad SMARTS) is 1. The van der Waals surface area contributed by atoms with Gasteiger partial charge in [0.25, 0.3) is 0 Å². The van der Waals surface area contributed by atoms with E-state index in [4.69, 9.17) is 9.84 Å². The molecule has 2 amide bonds. The van der Waals surface area contributed by atoms with E-state index in [2.05, 4.69) is 34.9 Å². The van der Waals surface area contributed by atoms with Gasteiger partial charge in [-0.25, -0.2) is 4.79 Å². The number of carbonyl (C=O) groups is 3. The van der Waals surface area contributed by atoms with Crippen molar-refractivity contribution in [1.29, 1.82) is 0 Å². The molecule has 0 radical (unpaired) electrons. The van der Waals surface area contributed by atoms with Gasteiger partial charge in [-0.1, -0.05) is 55.0 Å². The van der Waals surface area contributed by atoms with Crippen molar-refractivity contribution < 1.29 is 24.2 Å². The fourth-order valence-corrected chi connectivity index (χ4v) is 4.45. The van der Waals surface area contributed by atoms with Gasteiger partial charge in [-0.2, -0.15) is 0 Å². The fourth-order valence-electron chi connectivity index (χ4n) is 4.45. The maximum Gasteiger partial charge on any atom is 0.407 e. The zero-order chi connectivity index (χ0) is 21.8. The summed E-state index contributed by atoms with van der Waals surface area (Å²) in [5.74, 6) is -1.76. The van der Waals surface area contributed by atoms with Gasteiger partial charge < -0.3 is 20.5 Å². The molecular formula is C24H26N2O5. The van der Waals surface area contributed by atoms with Crippen LogP contribution in [0, 0.1) is 11.8 Å². The summed E-state index contributed by atoms with van der Waals surface area (Å²) in [7, 11) is 0. The molecule has 3 N–H and O–H groups in total. The quantitative estimate of drug-likeness (QED) is 0.606. The van der Waals surface area contributed by atoms with Gasteiger partial charge in [-0.3, -0.25) is 9.59 Å². The monoisotopic (exact) mass is 422 g/mol. The van der Waals surface area contributed by atoms with Crippen LogP contribution in [0.2, 0.25) is 0 Å². The van der Waals surface area contributed by atoms with Gasteiger partial charge in [0.2, 0.25) is 5.91 Å². The number of hydrogen-bond donors (Lipinski definition) is 3. The summed E-state index contributed by atoms with van der Waals surface area (Å²) in [5, 5.41) is 13.9. The highest BCUT2D eigenvalue weighted by Gasteiger charge is 2.33. The van der Waals surface area contributed by atoms with Crippen LogP contribution in [0.15, 0.2) is 48.5 Å². The van der Waals surface area contributed by atoms with Gasteiger partial charge in [0.15, 0.2) is 0 Å². The van der Waals surface area contributed by atoms with Crippen molar-refractivity contribution in [1.82, 2.24) is 10.6 Å². The molecule has 0 aliphatic heterocycles. The predicted octanol–water partition coefficient (Wildman–Crippen LogP) is 3.14. The smallest absolute Gasteiger partial charge is 0.407 e. The van der Waals surface area contributed by atoms with Crippen LogP contribution in [0.1, 0.15) is 36.3 Å². The molecule has 7 nitrogen and oxygen atoms in total. The van der Waals surface area contributed by atoms with E-state index >= 15 is 0 Å². The topological polar surface area (TPSA) is 105 Å². The molecule has 0 bridgehead atoms. The average molecular weight is 422 g/mol. The lowest BCUT2D eigenvalue weighted by molar-refractivity contribution is -0.139. The third kappa shape index (κ3) is 4.55. The molecule has 0 spiro atoms. The third-order valence-electron chi connectivity index (χ3n) is 6.28. The van der Waals surface area contributed by atoms with Gasteiger partial charge in [0, 0.05) is 12.5 Å². The molecule has 0 aromatic heterocycles. The molecule has 0 saturated heterocycles. The van der Waals surface area contributed by atoms with Crippen LogP contribution >= 0.6 is 0 Å². The Bertz CT molecular complexity index is 940. The number of carboxylic acids is 1. The van der Waals surface area contributed by atoms with Crippen LogP contribution in [0.5, 0.6) is 0 Å². The lowest BCUT2D eigenvalue weighted by Gasteiger charge is -2.32. The van der Waals surface area contributed by atoms with Crippen molar-refractivity contribution in [3.05, 3.63) is 59.7 Å². The summed E-state index contributed by atoms with van der Waals surface area (Å²) in [4.78, 5) is 35.5. The molecular weight excluding hydrogens is 396 g/mol. The Balaban J connectivity index is 1.35. The lowest BCUT2D eigenvalue weighted by Crippen LogP contribution is -2.45. The van der Waals surface area contributed by atoms with E-state index in [1.54, 1.807) is 0 Å². The molecule has 1 saturated carbocycles. The second kappa shape index (κ2) is 9.20. The molecule has 2 aliphatic rings. The molecule has 1 fully saturated rings. The molecule has 1 unspecified atom stereocenters. The highest BCUT2D eigenvalue weighted by Crippen LogP contribution is 2.44. The SMILES string of the molecule is O=C(O)CNC(=O)C(CNC(=O)OCC1c2ccccc2-c2ccccc21)C1CCC1. The van der Waals surface area contributed by atoms with Gasteiger partial charge in [-0.05, 0) is 41.0 Å². The minimum Gasteiger partial charge on any atom is -0.480 e. The Labute approximate surface area is 180 Å². The average Bonchev–Trinajstić information content (AvgIpc) is 3.06. The molecule has 0 heterocycles. The van der Waals surface area contributed by atoms with Gasteiger partial charge in [0.1, 0.15) is 13.2 Å². The van der Waals surface area contributed by atoms with Crippen molar-refractivity contribution in [2.24, 2.45) is 11.8 Å².